The number of allylic oxidation sites excluding steroid dienone is 2. The van der Waals surface area contributed by atoms with Crippen molar-refractivity contribution in [2.24, 2.45) is 11.8 Å². The third kappa shape index (κ3) is 2.53. The zero-order chi connectivity index (χ0) is 10.7. The van der Waals surface area contributed by atoms with Crippen LogP contribution in [0.3, 0.4) is 0 Å². The highest BCUT2D eigenvalue weighted by Gasteiger charge is 2.22. The largest absolute Gasteiger partial charge is 0.300 e. The minimum atomic E-state index is 0.0788. The van der Waals surface area contributed by atoms with Gasteiger partial charge in [0.2, 0.25) is 0 Å². The van der Waals surface area contributed by atoms with E-state index in [2.05, 4.69) is 0 Å². The molecule has 0 saturated heterocycles. The van der Waals surface area contributed by atoms with Crippen molar-refractivity contribution in [3.63, 3.8) is 0 Å². The Morgan fingerprint density at radius 1 is 1.43 bits per heavy atom. The highest BCUT2D eigenvalue weighted by Crippen LogP contribution is 2.26. The van der Waals surface area contributed by atoms with E-state index in [0.717, 1.165) is 24.8 Å². The number of ketones is 2. The lowest BCUT2D eigenvalue weighted by molar-refractivity contribution is -0.122. The van der Waals surface area contributed by atoms with Gasteiger partial charge >= 0.3 is 0 Å². The van der Waals surface area contributed by atoms with Crippen LogP contribution in [0.1, 0.15) is 40.0 Å². The first-order chi connectivity index (χ1) is 6.52. The highest BCUT2D eigenvalue weighted by molar-refractivity contribution is 5.97. The normalized spacial score (nSPS) is 22.0. The fourth-order valence-corrected chi connectivity index (χ4v) is 1.80. The van der Waals surface area contributed by atoms with Crippen molar-refractivity contribution in [3.05, 3.63) is 11.6 Å². The number of carbonyl (C=O) groups is 2. The summed E-state index contributed by atoms with van der Waals surface area (Å²) in [7, 11) is 0. The van der Waals surface area contributed by atoms with Crippen LogP contribution in [0.5, 0.6) is 0 Å². The number of Topliss-reactive ketones (excluding diaryl/α,β-unsaturated/α-hetero) is 2. The first-order valence-electron chi connectivity index (χ1n) is 5.26. The standard InChI is InChI=1S/C12H18O2/c1-8(2)12(14)11-6-4-10(5-7-11)9(3)13/h6,8,10H,4-5,7H2,1-3H3. The Balaban J connectivity index is 2.61. The molecule has 1 unspecified atom stereocenters. The van der Waals surface area contributed by atoms with Crippen LogP contribution in [0.15, 0.2) is 11.6 Å². The molecule has 1 aliphatic rings. The monoisotopic (exact) mass is 194 g/mol. The van der Waals surface area contributed by atoms with Gasteiger partial charge in [-0.1, -0.05) is 19.9 Å². The summed E-state index contributed by atoms with van der Waals surface area (Å²) in [6.45, 7) is 5.47. The van der Waals surface area contributed by atoms with E-state index >= 15 is 0 Å². The zero-order valence-electron chi connectivity index (χ0n) is 9.17. The van der Waals surface area contributed by atoms with Crippen molar-refractivity contribution in [3.8, 4) is 0 Å². The van der Waals surface area contributed by atoms with E-state index < -0.39 is 0 Å². The van der Waals surface area contributed by atoms with Crippen LogP contribution in [-0.4, -0.2) is 11.6 Å². The molecule has 0 amide bonds. The molecule has 0 radical (unpaired) electrons. The zero-order valence-corrected chi connectivity index (χ0v) is 9.17. The van der Waals surface area contributed by atoms with Gasteiger partial charge in [0, 0.05) is 11.8 Å². The number of hydrogen-bond donors (Lipinski definition) is 0. The number of hydrogen-bond acceptors (Lipinski definition) is 2. The van der Waals surface area contributed by atoms with Crippen LogP contribution in [0, 0.1) is 11.8 Å². The Labute approximate surface area is 85.4 Å². The molecule has 0 bridgehead atoms. The Bertz CT molecular complexity index is 274. The van der Waals surface area contributed by atoms with E-state index in [1.54, 1.807) is 6.92 Å². The van der Waals surface area contributed by atoms with Crippen LogP contribution in [-0.2, 0) is 9.59 Å². The van der Waals surface area contributed by atoms with Crippen molar-refractivity contribution in [1.82, 2.24) is 0 Å². The SMILES string of the molecule is CC(=O)C1CC=C(C(=O)C(C)C)CC1. The molecule has 2 heteroatoms. The van der Waals surface area contributed by atoms with Crippen LogP contribution in [0.25, 0.3) is 0 Å². The van der Waals surface area contributed by atoms with Gasteiger partial charge in [-0.15, -0.1) is 0 Å². The molecule has 0 spiro atoms. The molecule has 0 aliphatic heterocycles. The Hall–Kier alpha value is -0.920. The fourth-order valence-electron chi connectivity index (χ4n) is 1.80. The summed E-state index contributed by atoms with van der Waals surface area (Å²) >= 11 is 0. The minimum absolute atomic E-state index is 0.0788. The summed E-state index contributed by atoms with van der Waals surface area (Å²) in [4.78, 5) is 22.7. The van der Waals surface area contributed by atoms with Crippen LogP contribution in [0.2, 0.25) is 0 Å². The van der Waals surface area contributed by atoms with Crippen molar-refractivity contribution in [1.29, 1.82) is 0 Å². The average molecular weight is 194 g/mol. The van der Waals surface area contributed by atoms with Gasteiger partial charge in [-0.05, 0) is 31.8 Å². The van der Waals surface area contributed by atoms with E-state index in [0.29, 0.717) is 0 Å². The quantitative estimate of drug-likeness (QED) is 0.691. The van der Waals surface area contributed by atoms with E-state index in [1.807, 2.05) is 19.9 Å². The molecule has 0 N–H and O–H groups in total. The Morgan fingerprint density at radius 2 is 2.07 bits per heavy atom. The molecule has 0 aromatic heterocycles. The molecule has 78 valence electrons. The van der Waals surface area contributed by atoms with Gasteiger partial charge in [-0.3, -0.25) is 9.59 Å². The van der Waals surface area contributed by atoms with Crippen LogP contribution < -0.4 is 0 Å². The van der Waals surface area contributed by atoms with Crippen molar-refractivity contribution in [2.45, 2.75) is 40.0 Å². The topological polar surface area (TPSA) is 34.1 Å². The fraction of sp³-hybridized carbons (Fsp3) is 0.667. The number of rotatable bonds is 3. The maximum atomic E-state index is 11.6. The van der Waals surface area contributed by atoms with Gasteiger partial charge in [0.15, 0.2) is 5.78 Å². The van der Waals surface area contributed by atoms with Crippen molar-refractivity contribution >= 4 is 11.6 Å². The maximum Gasteiger partial charge on any atom is 0.161 e. The summed E-state index contributed by atoms with van der Waals surface area (Å²) < 4.78 is 0. The molecule has 1 atom stereocenters. The smallest absolute Gasteiger partial charge is 0.161 e. The summed E-state index contributed by atoms with van der Waals surface area (Å²) in [5.41, 5.74) is 0.928. The lowest BCUT2D eigenvalue weighted by Crippen LogP contribution is -2.19. The van der Waals surface area contributed by atoms with Crippen molar-refractivity contribution in [2.75, 3.05) is 0 Å². The van der Waals surface area contributed by atoms with E-state index in [1.165, 1.54) is 0 Å². The molecule has 0 aromatic carbocycles. The van der Waals surface area contributed by atoms with Gasteiger partial charge in [-0.2, -0.15) is 0 Å². The second-order valence-electron chi connectivity index (χ2n) is 4.33. The lowest BCUT2D eigenvalue weighted by atomic mass is 9.84. The van der Waals surface area contributed by atoms with E-state index in [-0.39, 0.29) is 23.4 Å². The van der Waals surface area contributed by atoms with E-state index in [4.69, 9.17) is 0 Å². The van der Waals surface area contributed by atoms with Crippen LogP contribution >= 0.6 is 0 Å². The predicted octanol–water partition coefficient (Wildman–Crippen LogP) is 2.53. The van der Waals surface area contributed by atoms with Gasteiger partial charge in [0.25, 0.3) is 0 Å². The molecular weight excluding hydrogens is 176 g/mol. The molecule has 0 heterocycles. The predicted molar refractivity (Wildman–Crippen MR) is 56.0 cm³/mol. The summed E-state index contributed by atoms with van der Waals surface area (Å²) in [6.07, 6.45) is 4.34. The molecule has 2 nitrogen and oxygen atoms in total. The molecule has 0 fully saturated rings. The maximum absolute atomic E-state index is 11.6. The first kappa shape index (κ1) is 11.2. The lowest BCUT2D eigenvalue weighted by Gasteiger charge is -2.19. The third-order valence-electron chi connectivity index (χ3n) is 2.83. The minimum Gasteiger partial charge on any atom is -0.300 e. The van der Waals surface area contributed by atoms with E-state index in [9.17, 15) is 9.59 Å². The van der Waals surface area contributed by atoms with Gasteiger partial charge < -0.3 is 0 Å². The van der Waals surface area contributed by atoms with Gasteiger partial charge in [0.1, 0.15) is 5.78 Å². The summed E-state index contributed by atoms with van der Waals surface area (Å²) in [5.74, 6) is 0.720. The molecule has 0 aromatic rings. The second-order valence-corrected chi connectivity index (χ2v) is 4.33. The molecule has 1 rings (SSSR count). The summed E-state index contributed by atoms with van der Waals surface area (Å²) in [6, 6.07) is 0. The summed E-state index contributed by atoms with van der Waals surface area (Å²) in [5, 5.41) is 0. The van der Waals surface area contributed by atoms with Crippen LogP contribution in [0.4, 0.5) is 0 Å². The molecule has 0 saturated carbocycles. The molecular formula is C12H18O2. The first-order valence-corrected chi connectivity index (χ1v) is 5.26. The molecule has 1 aliphatic carbocycles. The number of carbonyl (C=O) groups excluding carboxylic acids is 2. The second kappa shape index (κ2) is 4.54. The Kier molecular flexibility index (Phi) is 3.62. The highest BCUT2D eigenvalue weighted by atomic mass is 16.1. The third-order valence-corrected chi connectivity index (χ3v) is 2.83. The molecule has 14 heavy (non-hydrogen) atoms. The van der Waals surface area contributed by atoms with Gasteiger partial charge in [0.05, 0.1) is 0 Å². The average Bonchev–Trinajstić information content (AvgIpc) is 2.16. The van der Waals surface area contributed by atoms with Gasteiger partial charge in [-0.25, -0.2) is 0 Å². The Morgan fingerprint density at radius 3 is 2.43 bits per heavy atom. The van der Waals surface area contributed by atoms with Crippen molar-refractivity contribution < 1.29 is 9.59 Å².